The molecule has 1 heterocycles. The predicted octanol–water partition coefficient (Wildman–Crippen LogP) is 8.10. The fourth-order valence-electron chi connectivity index (χ4n) is 6.80. The van der Waals surface area contributed by atoms with Crippen LogP contribution in [0.15, 0.2) is 42.5 Å². The number of rotatable bonds is 9. The number of aryl methyl sites for hydroxylation is 1. The van der Waals surface area contributed by atoms with Crippen LogP contribution in [0.5, 0.6) is 5.75 Å². The first-order chi connectivity index (χ1) is 19.1. The van der Waals surface area contributed by atoms with Gasteiger partial charge in [0.25, 0.3) is 0 Å². The van der Waals surface area contributed by atoms with Gasteiger partial charge in [0.15, 0.2) is 5.78 Å². The molecule has 4 rings (SSSR count). The number of hydrogen-bond donors (Lipinski definition) is 0. The van der Waals surface area contributed by atoms with Crippen LogP contribution in [0, 0.1) is 34.0 Å². The molecule has 0 spiro atoms. The van der Waals surface area contributed by atoms with E-state index in [0.29, 0.717) is 28.7 Å². The highest BCUT2D eigenvalue weighted by atomic mass is 35.5. The molecule has 1 aliphatic carbocycles. The average molecular weight is 579 g/mol. The fourth-order valence-corrected chi connectivity index (χ4v) is 7.01. The number of nitrogens with zero attached hydrogens (tertiary/aromatic N) is 2. The molecule has 7 heteroatoms. The van der Waals surface area contributed by atoms with Crippen molar-refractivity contribution >= 4 is 23.5 Å². The zero-order valence-corrected chi connectivity index (χ0v) is 26.2. The van der Waals surface area contributed by atoms with Crippen LogP contribution in [-0.2, 0) is 11.2 Å². The normalized spacial score (nSPS) is 21.3. The zero-order valence-electron chi connectivity index (χ0n) is 25.4. The Bertz CT molecular complexity index is 1300. The minimum Gasteiger partial charge on any atom is -0.489 e. The van der Waals surface area contributed by atoms with E-state index in [2.05, 4.69) is 45.9 Å². The van der Waals surface area contributed by atoms with Crippen molar-refractivity contribution in [3.8, 4) is 11.8 Å². The summed E-state index contributed by atoms with van der Waals surface area (Å²) >= 11 is 6.21. The minimum atomic E-state index is -0.459. The Kier molecular flexibility index (Phi) is 8.81. The summed E-state index contributed by atoms with van der Waals surface area (Å²) in [6.07, 6.45) is 3.23. The van der Waals surface area contributed by atoms with Crippen molar-refractivity contribution in [1.29, 1.82) is 5.26 Å². The molecule has 0 bridgehead atoms. The second kappa shape index (κ2) is 11.7. The molecule has 1 saturated carbocycles. The molecule has 6 nitrogen and oxygen atoms in total. The lowest BCUT2D eigenvalue weighted by Crippen LogP contribution is -2.66. The molecule has 2 fully saturated rings. The molecule has 0 N–H and O–H groups in total. The Balaban J connectivity index is 1.25. The third-order valence-corrected chi connectivity index (χ3v) is 9.13. The van der Waals surface area contributed by atoms with Crippen molar-refractivity contribution in [1.82, 2.24) is 4.90 Å². The highest BCUT2D eigenvalue weighted by Crippen LogP contribution is 2.61. The Labute approximate surface area is 250 Å². The van der Waals surface area contributed by atoms with E-state index in [1.165, 1.54) is 5.56 Å². The number of ether oxygens (including phenoxy) is 2. The van der Waals surface area contributed by atoms with Crippen LogP contribution < -0.4 is 4.74 Å². The lowest BCUT2D eigenvalue weighted by Gasteiger charge is -2.63. The number of benzene rings is 2. The maximum absolute atomic E-state index is 13.3. The first-order valence-electron chi connectivity index (χ1n) is 14.6. The second-order valence-electron chi connectivity index (χ2n) is 13.9. The molecule has 1 aliphatic heterocycles. The molecular formula is C34H43ClN2O4. The molecular weight excluding hydrogens is 536 g/mol. The van der Waals surface area contributed by atoms with Gasteiger partial charge in [-0.2, -0.15) is 5.26 Å². The third kappa shape index (κ3) is 6.89. The Hall–Kier alpha value is -3.04. The lowest BCUT2D eigenvalue weighted by atomic mass is 9.44. The number of carbonyl (C=O) groups excluding carboxylic acids is 2. The largest absolute Gasteiger partial charge is 0.489 e. The highest BCUT2D eigenvalue weighted by Gasteiger charge is 2.63. The van der Waals surface area contributed by atoms with Gasteiger partial charge in [0.1, 0.15) is 23.5 Å². The minimum absolute atomic E-state index is 0.0916. The van der Waals surface area contributed by atoms with Crippen LogP contribution in [0.2, 0.25) is 5.02 Å². The van der Waals surface area contributed by atoms with E-state index in [4.69, 9.17) is 26.3 Å². The Morgan fingerprint density at radius 1 is 1.05 bits per heavy atom. The van der Waals surface area contributed by atoms with Gasteiger partial charge in [0, 0.05) is 42.0 Å². The van der Waals surface area contributed by atoms with Gasteiger partial charge in [-0.25, -0.2) is 4.79 Å². The molecule has 2 aliphatic rings. The van der Waals surface area contributed by atoms with Crippen LogP contribution in [0.1, 0.15) is 89.2 Å². The molecule has 0 atom stereocenters. The number of amides is 1. The number of ketones is 1. The van der Waals surface area contributed by atoms with Crippen LogP contribution in [0.25, 0.3) is 0 Å². The van der Waals surface area contributed by atoms with Crippen molar-refractivity contribution in [3.05, 3.63) is 64.2 Å². The number of nitriles is 1. The molecule has 41 heavy (non-hydrogen) atoms. The van der Waals surface area contributed by atoms with Gasteiger partial charge < -0.3 is 14.4 Å². The summed E-state index contributed by atoms with van der Waals surface area (Å²) in [5, 5.41) is 9.52. The van der Waals surface area contributed by atoms with E-state index in [1.807, 2.05) is 32.9 Å². The SMILES string of the molecule is CC(C)(C)OC(=O)N1CC(CCCc2ccc(C(=O)CC3C(C)(C)C(Oc4ccc(C#N)c(Cl)c4)C3(C)C)cc2)C1. The summed E-state index contributed by atoms with van der Waals surface area (Å²) in [7, 11) is 0. The van der Waals surface area contributed by atoms with Gasteiger partial charge in [-0.05, 0) is 69.6 Å². The summed E-state index contributed by atoms with van der Waals surface area (Å²) in [5.74, 6) is 1.47. The first kappa shape index (κ1) is 30.9. The van der Waals surface area contributed by atoms with Gasteiger partial charge in [0.05, 0.1) is 10.6 Å². The third-order valence-electron chi connectivity index (χ3n) is 8.81. The number of Topliss-reactive ketones (excluding diaryl/α,β-unsaturated/α-hetero) is 1. The molecule has 2 aromatic carbocycles. The number of likely N-dealkylation sites (tertiary alicyclic amines) is 1. The number of halogens is 1. The molecule has 0 radical (unpaired) electrons. The monoisotopic (exact) mass is 578 g/mol. The van der Waals surface area contributed by atoms with Gasteiger partial charge in [-0.15, -0.1) is 0 Å². The average Bonchev–Trinajstić information content (AvgIpc) is 2.86. The van der Waals surface area contributed by atoms with Crippen molar-refractivity contribution in [3.63, 3.8) is 0 Å². The second-order valence-corrected chi connectivity index (χ2v) is 14.3. The van der Waals surface area contributed by atoms with E-state index < -0.39 is 5.60 Å². The van der Waals surface area contributed by atoms with Crippen LogP contribution >= 0.6 is 11.6 Å². The Morgan fingerprint density at radius 2 is 1.68 bits per heavy atom. The number of carbonyl (C=O) groups is 2. The summed E-state index contributed by atoms with van der Waals surface area (Å²) in [4.78, 5) is 27.2. The van der Waals surface area contributed by atoms with Crippen molar-refractivity contribution < 1.29 is 19.1 Å². The van der Waals surface area contributed by atoms with E-state index in [-0.39, 0.29) is 34.7 Å². The predicted molar refractivity (Wildman–Crippen MR) is 161 cm³/mol. The maximum Gasteiger partial charge on any atom is 0.410 e. The van der Waals surface area contributed by atoms with Crippen LogP contribution in [0.3, 0.4) is 0 Å². The topological polar surface area (TPSA) is 79.6 Å². The zero-order chi connectivity index (χ0) is 30.2. The van der Waals surface area contributed by atoms with Crippen molar-refractivity contribution in [2.45, 2.75) is 85.9 Å². The highest BCUT2D eigenvalue weighted by molar-refractivity contribution is 6.31. The summed E-state index contributed by atoms with van der Waals surface area (Å²) < 4.78 is 11.8. The summed E-state index contributed by atoms with van der Waals surface area (Å²) in [6.45, 7) is 15.8. The van der Waals surface area contributed by atoms with Gasteiger partial charge in [-0.1, -0.05) is 63.6 Å². The molecule has 1 amide bonds. The van der Waals surface area contributed by atoms with E-state index >= 15 is 0 Å². The van der Waals surface area contributed by atoms with E-state index in [0.717, 1.165) is 37.9 Å². The lowest BCUT2D eigenvalue weighted by molar-refractivity contribution is -0.196. The standard InChI is InChI=1S/C34H43ClN2O4/c1-32(2,3)41-31(39)37-20-23(21-37)10-8-9-22-11-13-24(14-12-22)28(38)18-29-33(4,5)30(34(29,6)7)40-26-16-15-25(19-36)27(35)17-26/h11-17,23,29-30H,8-10,18,20-21H2,1-7H3. The van der Waals surface area contributed by atoms with Crippen molar-refractivity contribution in [2.24, 2.45) is 22.7 Å². The Morgan fingerprint density at radius 3 is 2.24 bits per heavy atom. The maximum atomic E-state index is 13.3. The number of hydrogen-bond acceptors (Lipinski definition) is 5. The van der Waals surface area contributed by atoms with Crippen molar-refractivity contribution in [2.75, 3.05) is 13.1 Å². The van der Waals surface area contributed by atoms with Gasteiger partial charge >= 0.3 is 6.09 Å². The summed E-state index contributed by atoms with van der Waals surface area (Å²) in [6, 6.07) is 15.3. The molecule has 0 unspecified atom stereocenters. The molecule has 220 valence electrons. The van der Waals surface area contributed by atoms with Crippen LogP contribution in [-0.4, -0.2) is 41.6 Å². The fraction of sp³-hybridized carbons (Fsp3) is 0.559. The van der Waals surface area contributed by atoms with E-state index in [1.54, 1.807) is 23.1 Å². The van der Waals surface area contributed by atoms with Gasteiger partial charge in [-0.3, -0.25) is 4.79 Å². The smallest absolute Gasteiger partial charge is 0.410 e. The van der Waals surface area contributed by atoms with Gasteiger partial charge in [0.2, 0.25) is 0 Å². The van der Waals surface area contributed by atoms with Crippen LogP contribution in [0.4, 0.5) is 4.79 Å². The molecule has 0 aromatic heterocycles. The molecule has 2 aromatic rings. The summed E-state index contributed by atoms with van der Waals surface area (Å²) in [5.41, 5.74) is 1.52. The first-order valence-corrected chi connectivity index (χ1v) is 15.0. The molecule has 1 saturated heterocycles. The quantitative estimate of drug-likeness (QED) is 0.281. The van der Waals surface area contributed by atoms with E-state index in [9.17, 15) is 9.59 Å².